The number of fused-ring (bicyclic) bond motifs is 10. The van der Waals surface area contributed by atoms with Crippen LogP contribution in [0.2, 0.25) is 0 Å². The Hall–Kier alpha value is -10.8. The van der Waals surface area contributed by atoms with Crippen LogP contribution in [0.1, 0.15) is 0 Å². The van der Waals surface area contributed by atoms with Crippen LogP contribution in [0.4, 0.5) is 0 Å². The fraction of sp³-hybridized carbons (Fsp3) is 0. The van der Waals surface area contributed by atoms with Crippen LogP contribution in [0.3, 0.4) is 0 Å². The van der Waals surface area contributed by atoms with Crippen molar-refractivity contribution in [1.29, 1.82) is 0 Å². The topological polar surface area (TPSA) is 48.5 Å². The van der Waals surface area contributed by atoms with Gasteiger partial charge in [0.25, 0.3) is 0 Å². The maximum atomic E-state index is 5.34. The lowest BCUT2D eigenvalue weighted by Gasteiger charge is -2.18. The van der Waals surface area contributed by atoms with Crippen molar-refractivity contribution >= 4 is 75.9 Å². The van der Waals surface area contributed by atoms with Crippen molar-refractivity contribution < 1.29 is 0 Å². The highest BCUT2D eigenvalue weighted by molar-refractivity contribution is 6.24. The normalized spacial score (nSPS) is 11.8. The minimum Gasteiger partial charge on any atom is -0.307 e. The van der Waals surface area contributed by atoms with Crippen LogP contribution < -0.4 is 0 Å². The van der Waals surface area contributed by atoms with Gasteiger partial charge >= 0.3 is 0 Å². The van der Waals surface area contributed by atoms with E-state index in [-0.39, 0.29) is 0 Å². The average molecular weight is 1020 g/mol. The van der Waals surface area contributed by atoms with Gasteiger partial charge in [0.2, 0.25) is 5.95 Å². The van der Waals surface area contributed by atoms with Crippen LogP contribution in [-0.2, 0) is 0 Å². The predicted octanol–water partition coefficient (Wildman–Crippen LogP) is 19.5. The first-order valence-electron chi connectivity index (χ1n) is 27.3. The Morgan fingerprint density at radius 1 is 0.237 bits per heavy atom. The number of benzene rings is 13. The Kier molecular flexibility index (Phi) is 10.5. The lowest BCUT2D eigenvalue weighted by atomic mass is 9.86. The molecule has 13 aromatic carbocycles. The second-order valence-corrected chi connectivity index (χ2v) is 20.7. The molecule has 3 aromatic heterocycles. The Morgan fingerprint density at radius 2 is 0.713 bits per heavy atom. The zero-order chi connectivity index (χ0) is 52.7. The molecule has 0 fully saturated rings. The summed E-state index contributed by atoms with van der Waals surface area (Å²) >= 11 is 0. The molecule has 3 heterocycles. The standard InChI is InChI=1S/C75H47N5/c1-3-21-51(22-4-1)73-76-74(52-23-5-2-6-24-52)78-75(77-73)80-69-38-14-12-34-63(69)66-44-43-65-62-33-11-13-37-68(62)79(71(65)72(66)80)57-30-16-28-54(46-57)53-27-15-29-56(45-53)70-64(61-36-18-26-49-20-8-10-32-59(49)61)42-41-50-39-40-55(47-67(50)70)60-35-17-25-48-19-7-9-31-58(48)60/h1-47H. The molecule has 5 nitrogen and oxygen atoms in total. The first-order chi connectivity index (χ1) is 39.7. The molecule has 0 unspecified atom stereocenters. The molecule has 0 spiro atoms. The van der Waals surface area contributed by atoms with Gasteiger partial charge in [0.15, 0.2) is 11.6 Å². The van der Waals surface area contributed by atoms with Gasteiger partial charge in [-0.25, -0.2) is 4.98 Å². The molecule has 0 atom stereocenters. The Bertz CT molecular complexity index is 5060. The molecule has 0 N–H and O–H groups in total. The molecule has 0 aliphatic heterocycles. The number of hydrogen-bond acceptors (Lipinski definition) is 3. The molecule has 0 radical (unpaired) electrons. The van der Waals surface area contributed by atoms with Crippen molar-refractivity contribution in [2.24, 2.45) is 0 Å². The zero-order valence-corrected chi connectivity index (χ0v) is 43.4. The minimum absolute atomic E-state index is 0.555. The Labute approximate surface area is 461 Å². The van der Waals surface area contributed by atoms with Gasteiger partial charge in [-0.15, -0.1) is 0 Å². The van der Waals surface area contributed by atoms with Crippen LogP contribution in [0, 0.1) is 0 Å². The van der Waals surface area contributed by atoms with Gasteiger partial charge in [-0.3, -0.25) is 4.57 Å². The summed E-state index contributed by atoms with van der Waals surface area (Å²) in [5.41, 5.74) is 16.6. The molecule has 372 valence electrons. The maximum Gasteiger partial charge on any atom is 0.238 e. The molecule has 5 heteroatoms. The monoisotopic (exact) mass is 1020 g/mol. The summed E-state index contributed by atoms with van der Waals surface area (Å²) < 4.78 is 4.71. The first-order valence-corrected chi connectivity index (χ1v) is 27.3. The van der Waals surface area contributed by atoms with E-state index >= 15 is 0 Å². The van der Waals surface area contributed by atoms with Gasteiger partial charge in [0, 0.05) is 38.4 Å². The van der Waals surface area contributed by atoms with E-state index in [1.165, 1.54) is 65.5 Å². The number of para-hydroxylation sites is 2. The van der Waals surface area contributed by atoms with Crippen molar-refractivity contribution in [3.8, 4) is 78.9 Å². The molecule has 16 rings (SSSR count). The second-order valence-electron chi connectivity index (χ2n) is 20.7. The molecule has 0 aliphatic rings. The summed E-state index contributed by atoms with van der Waals surface area (Å²) in [6, 6.07) is 103. The first kappa shape index (κ1) is 45.4. The molecule has 0 amide bonds. The van der Waals surface area contributed by atoms with Crippen molar-refractivity contribution in [3.63, 3.8) is 0 Å². The Morgan fingerprint density at radius 3 is 1.39 bits per heavy atom. The quantitative estimate of drug-likeness (QED) is 0.152. The highest BCUT2D eigenvalue weighted by Gasteiger charge is 2.24. The van der Waals surface area contributed by atoms with Crippen LogP contribution in [-0.4, -0.2) is 24.1 Å². The molecule has 0 aliphatic carbocycles. The van der Waals surface area contributed by atoms with Crippen LogP contribution >= 0.6 is 0 Å². The van der Waals surface area contributed by atoms with E-state index in [4.69, 9.17) is 15.0 Å². The summed E-state index contributed by atoms with van der Waals surface area (Å²) in [5.74, 6) is 1.78. The molecule has 0 saturated carbocycles. The van der Waals surface area contributed by atoms with Gasteiger partial charge in [-0.2, -0.15) is 9.97 Å². The van der Waals surface area contributed by atoms with E-state index in [0.29, 0.717) is 17.6 Å². The van der Waals surface area contributed by atoms with Crippen molar-refractivity contribution in [2.45, 2.75) is 0 Å². The van der Waals surface area contributed by atoms with Crippen molar-refractivity contribution in [2.75, 3.05) is 0 Å². The third-order valence-corrected chi connectivity index (χ3v) is 16.1. The summed E-state index contributed by atoms with van der Waals surface area (Å²) in [5, 5.41) is 11.9. The van der Waals surface area contributed by atoms with Crippen LogP contribution in [0.5, 0.6) is 0 Å². The summed E-state index contributed by atoms with van der Waals surface area (Å²) in [6.45, 7) is 0. The van der Waals surface area contributed by atoms with Gasteiger partial charge in [0.1, 0.15) is 0 Å². The number of aromatic nitrogens is 5. The highest BCUT2D eigenvalue weighted by atomic mass is 15.2. The van der Waals surface area contributed by atoms with Gasteiger partial charge in [-0.05, 0) is 113 Å². The molecule has 80 heavy (non-hydrogen) atoms. The summed E-state index contributed by atoms with van der Waals surface area (Å²) in [4.78, 5) is 15.8. The zero-order valence-electron chi connectivity index (χ0n) is 43.4. The number of rotatable bonds is 8. The summed E-state index contributed by atoms with van der Waals surface area (Å²) in [6.07, 6.45) is 0. The average Bonchev–Trinajstić information content (AvgIpc) is 4.28. The Balaban J connectivity index is 0.917. The van der Waals surface area contributed by atoms with E-state index in [1.54, 1.807) is 0 Å². The number of nitrogens with zero attached hydrogens (tertiary/aromatic N) is 5. The van der Waals surface area contributed by atoms with Gasteiger partial charge in [0.05, 0.1) is 22.1 Å². The molecule has 0 saturated heterocycles. The molecule has 16 aromatic rings. The van der Waals surface area contributed by atoms with E-state index in [0.717, 1.165) is 71.7 Å². The number of hydrogen-bond donors (Lipinski definition) is 0. The molecular formula is C75H47N5. The molecule has 0 bridgehead atoms. The fourth-order valence-corrected chi connectivity index (χ4v) is 12.5. The lowest BCUT2D eigenvalue weighted by Crippen LogP contribution is -2.07. The smallest absolute Gasteiger partial charge is 0.238 e. The SMILES string of the molecule is c1ccc(-c2nc(-c3ccccc3)nc(-n3c4ccccc4c4ccc5c6ccccc6n(-c6cccc(-c7cccc(-c8c(-c9cccc%10ccccc9%10)ccc9ccc(-c%10cccc%11ccccc%10%11)cc89)c7)c6)c5c43)n2)cc1. The fourth-order valence-electron chi connectivity index (χ4n) is 12.5. The third kappa shape index (κ3) is 7.36. The maximum absolute atomic E-state index is 5.34. The van der Waals surface area contributed by atoms with Crippen LogP contribution in [0.25, 0.3) is 155 Å². The van der Waals surface area contributed by atoms with E-state index < -0.39 is 0 Å². The van der Waals surface area contributed by atoms with Gasteiger partial charge in [-0.1, -0.05) is 249 Å². The third-order valence-electron chi connectivity index (χ3n) is 16.1. The minimum atomic E-state index is 0.555. The van der Waals surface area contributed by atoms with Crippen LogP contribution in [0.15, 0.2) is 285 Å². The van der Waals surface area contributed by atoms with E-state index in [2.05, 4.69) is 258 Å². The lowest BCUT2D eigenvalue weighted by molar-refractivity contribution is 0.953. The predicted molar refractivity (Wildman–Crippen MR) is 334 cm³/mol. The van der Waals surface area contributed by atoms with Crippen molar-refractivity contribution in [1.82, 2.24) is 24.1 Å². The molecular weight excluding hydrogens is 971 g/mol. The van der Waals surface area contributed by atoms with E-state index in [9.17, 15) is 0 Å². The highest BCUT2D eigenvalue weighted by Crippen LogP contribution is 2.45. The largest absolute Gasteiger partial charge is 0.307 e. The van der Waals surface area contributed by atoms with Gasteiger partial charge < -0.3 is 4.57 Å². The second kappa shape index (κ2) is 18.5. The van der Waals surface area contributed by atoms with Crippen molar-refractivity contribution in [3.05, 3.63) is 285 Å². The van der Waals surface area contributed by atoms with E-state index in [1.807, 2.05) is 36.4 Å². The summed E-state index contributed by atoms with van der Waals surface area (Å²) in [7, 11) is 0.